The topological polar surface area (TPSA) is 67.6 Å². The van der Waals surface area contributed by atoms with Crippen LogP contribution in [0.4, 0.5) is 5.69 Å². The molecule has 1 heterocycles. The molecule has 1 atom stereocenters. The van der Waals surface area contributed by atoms with Crippen LogP contribution in [0, 0.1) is 0 Å². The summed E-state index contributed by atoms with van der Waals surface area (Å²) in [5, 5.41) is 2.85. The molecule has 20 heavy (non-hydrogen) atoms. The number of carbonyl (C=O) groups excluding carboxylic acids is 1. The first-order chi connectivity index (χ1) is 9.63. The first kappa shape index (κ1) is 15.0. The van der Waals surface area contributed by atoms with E-state index in [9.17, 15) is 4.79 Å². The molecule has 1 aliphatic heterocycles. The molecule has 0 aliphatic carbocycles. The van der Waals surface area contributed by atoms with E-state index in [2.05, 4.69) is 22.3 Å². The highest BCUT2D eigenvalue weighted by molar-refractivity contribution is 5.91. The number of rotatable bonds is 5. The van der Waals surface area contributed by atoms with E-state index >= 15 is 0 Å². The van der Waals surface area contributed by atoms with Gasteiger partial charge in [-0.05, 0) is 24.6 Å². The zero-order chi connectivity index (χ0) is 14.4. The van der Waals surface area contributed by atoms with Crippen LogP contribution in [0.25, 0.3) is 0 Å². The SMILES string of the molecule is CC(N)CC(=O)Nc1ccc(CN2CCOCC2)cc1. The maximum atomic E-state index is 11.6. The van der Waals surface area contributed by atoms with Crippen LogP contribution in [0.2, 0.25) is 0 Å². The number of amides is 1. The molecule has 110 valence electrons. The summed E-state index contributed by atoms with van der Waals surface area (Å²) in [6.45, 7) is 6.33. The minimum atomic E-state index is -0.115. The first-order valence-corrected chi connectivity index (χ1v) is 7.08. The minimum absolute atomic E-state index is 0.0408. The van der Waals surface area contributed by atoms with Gasteiger partial charge >= 0.3 is 0 Å². The fourth-order valence-corrected chi connectivity index (χ4v) is 2.22. The minimum Gasteiger partial charge on any atom is -0.379 e. The van der Waals surface area contributed by atoms with Crippen molar-refractivity contribution < 1.29 is 9.53 Å². The molecule has 1 aromatic rings. The Morgan fingerprint density at radius 3 is 2.60 bits per heavy atom. The molecule has 2 rings (SSSR count). The number of hydrogen-bond donors (Lipinski definition) is 2. The van der Waals surface area contributed by atoms with Gasteiger partial charge in [0.2, 0.25) is 5.91 Å². The van der Waals surface area contributed by atoms with Crippen LogP contribution in [0.1, 0.15) is 18.9 Å². The molecule has 0 saturated carbocycles. The Balaban J connectivity index is 1.84. The number of ether oxygens (including phenoxy) is 1. The Morgan fingerprint density at radius 1 is 1.35 bits per heavy atom. The maximum Gasteiger partial charge on any atom is 0.225 e. The molecule has 0 radical (unpaired) electrons. The van der Waals surface area contributed by atoms with Gasteiger partial charge in [-0.25, -0.2) is 0 Å². The largest absolute Gasteiger partial charge is 0.379 e. The Labute approximate surface area is 120 Å². The molecule has 1 amide bonds. The van der Waals surface area contributed by atoms with E-state index in [4.69, 9.17) is 10.5 Å². The van der Waals surface area contributed by atoms with Crippen molar-refractivity contribution in [1.82, 2.24) is 4.90 Å². The third-order valence-electron chi connectivity index (χ3n) is 3.25. The van der Waals surface area contributed by atoms with E-state index in [-0.39, 0.29) is 11.9 Å². The summed E-state index contributed by atoms with van der Waals surface area (Å²) in [5.74, 6) is -0.0408. The second-order valence-electron chi connectivity index (χ2n) is 5.32. The molecule has 0 spiro atoms. The number of morpholine rings is 1. The van der Waals surface area contributed by atoms with E-state index < -0.39 is 0 Å². The number of hydrogen-bond acceptors (Lipinski definition) is 4. The van der Waals surface area contributed by atoms with Crippen molar-refractivity contribution in [3.8, 4) is 0 Å². The molecule has 5 nitrogen and oxygen atoms in total. The monoisotopic (exact) mass is 277 g/mol. The smallest absolute Gasteiger partial charge is 0.225 e. The maximum absolute atomic E-state index is 11.6. The summed E-state index contributed by atoms with van der Waals surface area (Å²) >= 11 is 0. The second kappa shape index (κ2) is 7.38. The summed E-state index contributed by atoms with van der Waals surface area (Å²) in [5.41, 5.74) is 7.67. The molecule has 5 heteroatoms. The molecule has 1 aliphatic rings. The summed E-state index contributed by atoms with van der Waals surface area (Å²) in [6, 6.07) is 7.87. The lowest BCUT2D eigenvalue weighted by molar-refractivity contribution is -0.116. The molecule has 1 aromatic carbocycles. The van der Waals surface area contributed by atoms with Crippen LogP contribution in [0.5, 0.6) is 0 Å². The third-order valence-corrected chi connectivity index (χ3v) is 3.25. The van der Waals surface area contributed by atoms with E-state index in [1.54, 1.807) is 0 Å². The summed E-state index contributed by atoms with van der Waals surface area (Å²) in [7, 11) is 0. The Kier molecular flexibility index (Phi) is 5.52. The number of anilines is 1. The standard InChI is InChI=1S/C15H23N3O2/c1-12(16)10-15(19)17-14-4-2-13(3-5-14)11-18-6-8-20-9-7-18/h2-5,12H,6-11,16H2,1H3,(H,17,19). The van der Waals surface area contributed by atoms with E-state index in [1.807, 2.05) is 19.1 Å². The number of nitrogens with one attached hydrogen (secondary N) is 1. The predicted molar refractivity (Wildman–Crippen MR) is 79.4 cm³/mol. The number of nitrogens with two attached hydrogens (primary N) is 1. The van der Waals surface area contributed by atoms with E-state index in [1.165, 1.54) is 5.56 Å². The fraction of sp³-hybridized carbons (Fsp3) is 0.533. The molecule has 0 aromatic heterocycles. The Bertz CT molecular complexity index is 425. The lowest BCUT2D eigenvalue weighted by Gasteiger charge is -2.26. The van der Waals surface area contributed by atoms with Crippen molar-refractivity contribution in [3.05, 3.63) is 29.8 Å². The van der Waals surface area contributed by atoms with Gasteiger partial charge in [0.15, 0.2) is 0 Å². The van der Waals surface area contributed by atoms with Gasteiger partial charge in [-0.15, -0.1) is 0 Å². The lowest BCUT2D eigenvalue weighted by Crippen LogP contribution is -2.35. The van der Waals surface area contributed by atoms with Gasteiger partial charge < -0.3 is 15.8 Å². The van der Waals surface area contributed by atoms with Gasteiger partial charge in [-0.2, -0.15) is 0 Å². The summed E-state index contributed by atoms with van der Waals surface area (Å²) in [4.78, 5) is 14.0. The van der Waals surface area contributed by atoms with Crippen LogP contribution in [-0.4, -0.2) is 43.2 Å². The Morgan fingerprint density at radius 2 is 2.00 bits per heavy atom. The molecule has 1 unspecified atom stereocenters. The lowest BCUT2D eigenvalue weighted by atomic mass is 10.1. The number of benzene rings is 1. The predicted octanol–water partition coefficient (Wildman–Crippen LogP) is 1.19. The van der Waals surface area contributed by atoms with Gasteiger partial charge in [0.1, 0.15) is 0 Å². The van der Waals surface area contributed by atoms with E-state index in [0.29, 0.717) is 6.42 Å². The third kappa shape index (κ3) is 4.92. The highest BCUT2D eigenvalue weighted by Gasteiger charge is 2.10. The van der Waals surface area contributed by atoms with Crippen molar-refractivity contribution in [2.45, 2.75) is 25.9 Å². The van der Waals surface area contributed by atoms with Crippen LogP contribution in [0.3, 0.4) is 0 Å². The molecular weight excluding hydrogens is 254 g/mol. The van der Waals surface area contributed by atoms with Crippen molar-refractivity contribution in [1.29, 1.82) is 0 Å². The van der Waals surface area contributed by atoms with Crippen molar-refractivity contribution in [2.24, 2.45) is 5.73 Å². The average Bonchev–Trinajstić information content (AvgIpc) is 2.41. The fourth-order valence-electron chi connectivity index (χ4n) is 2.22. The van der Waals surface area contributed by atoms with Crippen LogP contribution in [-0.2, 0) is 16.1 Å². The molecule has 1 saturated heterocycles. The zero-order valence-corrected chi connectivity index (χ0v) is 12.0. The second-order valence-corrected chi connectivity index (χ2v) is 5.32. The van der Waals surface area contributed by atoms with Gasteiger partial charge in [0, 0.05) is 37.8 Å². The molecule has 3 N–H and O–H groups in total. The van der Waals surface area contributed by atoms with Crippen LogP contribution in [0.15, 0.2) is 24.3 Å². The number of carbonyl (C=O) groups is 1. The highest BCUT2D eigenvalue weighted by Crippen LogP contribution is 2.12. The summed E-state index contributed by atoms with van der Waals surface area (Å²) < 4.78 is 5.33. The van der Waals surface area contributed by atoms with E-state index in [0.717, 1.165) is 38.5 Å². The van der Waals surface area contributed by atoms with Gasteiger partial charge in [0.25, 0.3) is 0 Å². The van der Waals surface area contributed by atoms with Crippen molar-refractivity contribution >= 4 is 11.6 Å². The van der Waals surface area contributed by atoms with Gasteiger partial charge in [0.05, 0.1) is 13.2 Å². The van der Waals surface area contributed by atoms with Crippen molar-refractivity contribution in [2.75, 3.05) is 31.6 Å². The van der Waals surface area contributed by atoms with Crippen LogP contribution >= 0.6 is 0 Å². The molecular formula is C15H23N3O2. The normalized spacial score (nSPS) is 17.7. The average molecular weight is 277 g/mol. The number of nitrogens with zero attached hydrogens (tertiary/aromatic N) is 1. The molecule has 0 bridgehead atoms. The molecule has 1 fully saturated rings. The summed E-state index contributed by atoms with van der Waals surface area (Å²) in [6.07, 6.45) is 0.343. The first-order valence-electron chi connectivity index (χ1n) is 7.08. The Hall–Kier alpha value is -1.43. The zero-order valence-electron chi connectivity index (χ0n) is 12.0. The van der Waals surface area contributed by atoms with Gasteiger partial charge in [-0.3, -0.25) is 9.69 Å². The van der Waals surface area contributed by atoms with Crippen molar-refractivity contribution in [3.63, 3.8) is 0 Å². The van der Waals surface area contributed by atoms with Gasteiger partial charge in [-0.1, -0.05) is 12.1 Å². The van der Waals surface area contributed by atoms with Crippen LogP contribution < -0.4 is 11.1 Å². The quantitative estimate of drug-likeness (QED) is 0.848. The highest BCUT2D eigenvalue weighted by atomic mass is 16.5.